The number of piperazine rings is 1. The molecule has 0 aliphatic carbocycles. The van der Waals surface area contributed by atoms with Crippen LogP contribution in [0.1, 0.15) is 46.6 Å². The number of imidazole rings is 1. The van der Waals surface area contributed by atoms with Gasteiger partial charge >= 0.3 is 6.18 Å². The fraction of sp³-hybridized carbons (Fsp3) is 0.333. The van der Waals surface area contributed by atoms with Gasteiger partial charge in [0.15, 0.2) is 5.65 Å². The number of alkyl halides is 3. The zero-order valence-corrected chi connectivity index (χ0v) is 23.3. The van der Waals surface area contributed by atoms with E-state index in [0.717, 1.165) is 25.7 Å². The molecular formula is C30H31F3N8O. The topological polar surface area (TPSA) is 99.5 Å². The summed E-state index contributed by atoms with van der Waals surface area (Å²) in [7, 11) is 0. The lowest BCUT2D eigenvalue weighted by Crippen LogP contribution is -2.43. The van der Waals surface area contributed by atoms with Gasteiger partial charge in [-0.2, -0.15) is 13.2 Å². The van der Waals surface area contributed by atoms with Crippen LogP contribution in [0, 0.1) is 17.8 Å². The number of aromatic nitrogens is 4. The summed E-state index contributed by atoms with van der Waals surface area (Å²) in [5, 5.41) is 13.6. The molecule has 3 aromatic heterocycles. The van der Waals surface area contributed by atoms with Gasteiger partial charge in [0.05, 0.1) is 11.8 Å². The van der Waals surface area contributed by atoms with Crippen molar-refractivity contribution in [2.75, 3.05) is 43.4 Å². The molecule has 12 heteroatoms. The predicted octanol–water partition coefficient (Wildman–Crippen LogP) is 4.27. The van der Waals surface area contributed by atoms with E-state index in [4.69, 9.17) is 0 Å². The summed E-state index contributed by atoms with van der Waals surface area (Å²) in [6.07, 6.45) is -1.50. The van der Waals surface area contributed by atoms with Gasteiger partial charge < -0.3 is 16.0 Å². The lowest BCUT2D eigenvalue weighted by atomic mass is 10.0. The maximum atomic E-state index is 13.9. The Labute approximate surface area is 241 Å². The van der Waals surface area contributed by atoms with Crippen molar-refractivity contribution in [3.8, 4) is 11.8 Å². The normalized spacial score (nSPS) is 14.0. The van der Waals surface area contributed by atoms with Gasteiger partial charge in [-0.1, -0.05) is 25.8 Å². The minimum absolute atomic E-state index is 0.108. The summed E-state index contributed by atoms with van der Waals surface area (Å²) in [4.78, 5) is 23.4. The Morgan fingerprint density at radius 1 is 1.05 bits per heavy atom. The van der Waals surface area contributed by atoms with Crippen LogP contribution in [-0.4, -0.2) is 63.1 Å². The Bertz CT molecular complexity index is 1630. The summed E-state index contributed by atoms with van der Waals surface area (Å²) in [6, 6.07) is 10.6. The summed E-state index contributed by atoms with van der Waals surface area (Å²) in [5.74, 6) is 6.69. The number of benzene rings is 1. The molecule has 0 atom stereocenters. The fourth-order valence-corrected chi connectivity index (χ4v) is 4.49. The van der Waals surface area contributed by atoms with Crippen LogP contribution in [0.25, 0.3) is 5.65 Å². The number of hydrogen-bond donors (Lipinski definition) is 3. The third kappa shape index (κ3) is 7.23. The van der Waals surface area contributed by atoms with Gasteiger partial charge in [0.2, 0.25) is 0 Å². The van der Waals surface area contributed by atoms with Crippen molar-refractivity contribution in [3.63, 3.8) is 0 Å². The lowest BCUT2D eigenvalue weighted by molar-refractivity contribution is -0.138. The van der Waals surface area contributed by atoms with Crippen LogP contribution in [0.5, 0.6) is 0 Å². The molecule has 5 rings (SSSR count). The van der Waals surface area contributed by atoms with Crippen molar-refractivity contribution in [1.82, 2.24) is 29.8 Å². The summed E-state index contributed by atoms with van der Waals surface area (Å²) in [6.45, 7) is 7.93. The highest BCUT2D eigenvalue weighted by Gasteiger charge is 2.34. The molecule has 4 heterocycles. The lowest BCUT2D eigenvalue weighted by Gasteiger charge is -2.28. The standard InChI is InChI=1S/C30H31F3N8O/c1-20(2)17-36-26-7-8-28-37-18-24(41(28)39-26)6-3-21-9-10-35-27(15-21)38-29(42)22-4-5-23(25(16-22)30(31,32)33)19-40-13-11-34-12-14-40/h4-5,7-10,15-16,18,20,34H,11-14,17,19H2,1-2H3,(H,36,39)(H,35,38,42). The zero-order valence-electron chi connectivity index (χ0n) is 23.3. The second-order valence-corrected chi connectivity index (χ2v) is 10.4. The Hall–Kier alpha value is -4.47. The van der Waals surface area contributed by atoms with Gasteiger partial charge in [-0.25, -0.2) is 14.5 Å². The number of nitrogens with one attached hydrogen (secondary N) is 3. The smallest absolute Gasteiger partial charge is 0.368 e. The molecule has 0 spiro atoms. The molecule has 1 aliphatic heterocycles. The van der Waals surface area contributed by atoms with Crippen molar-refractivity contribution in [1.29, 1.82) is 0 Å². The predicted molar refractivity (Wildman–Crippen MR) is 154 cm³/mol. The summed E-state index contributed by atoms with van der Waals surface area (Å²) in [5.41, 5.74) is 0.983. The van der Waals surface area contributed by atoms with E-state index in [-0.39, 0.29) is 23.5 Å². The number of carbonyl (C=O) groups is 1. The third-order valence-corrected chi connectivity index (χ3v) is 6.67. The van der Waals surface area contributed by atoms with Gasteiger partial charge in [-0.05, 0) is 53.8 Å². The maximum absolute atomic E-state index is 13.9. The first-order valence-corrected chi connectivity index (χ1v) is 13.7. The fourth-order valence-electron chi connectivity index (χ4n) is 4.49. The molecule has 42 heavy (non-hydrogen) atoms. The van der Waals surface area contributed by atoms with Crippen LogP contribution >= 0.6 is 0 Å². The van der Waals surface area contributed by atoms with Gasteiger partial charge in [-0.15, -0.1) is 5.10 Å². The van der Waals surface area contributed by atoms with Crippen molar-refractivity contribution in [2.24, 2.45) is 5.92 Å². The van der Waals surface area contributed by atoms with Crippen LogP contribution in [0.15, 0.2) is 54.9 Å². The number of pyridine rings is 1. The number of halogens is 3. The summed E-state index contributed by atoms with van der Waals surface area (Å²) >= 11 is 0. The second-order valence-electron chi connectivity index (χ2n) is 10.4. The van der Waals surface area contributed by atoms with Gasteiger partial charge in [-0.3, -0.25) is 9.69 Å². The zero-order chi connectivity index (χ0) is 29.7. The molecule has 218 valence electrons. The minimum Gasteiger partial charge on any atom is -0.368 e. The van der Waals surface area contributed by atoms with Crippen LogP contribution in [-0.2, 0) is 12.7 Å². The molecule has 1 saturated heterocycles. The molecule has 9 nitrogen and oxygen atoms in total. The van der Waals surface area contributed by atoms with Crippen molar-refractivity contribution in [3.05, 3.63) is 82.8 Å². The van der Waals surface area contributed by atoms with E-state index in [1.54, 1.807) is 22.8 Å². The first kappa shape index (κ1) is 29.0. The average Bonchev–Trinajstić information content (AvgIpc) is 3.37. The second kappa shape index (κ2) is 12.6. The number of amides is 1. The number of nitrogens with zero attached hydrogens (tertiary/aromatic N) is 5. The minimum atomic E-state index is -4.59. The maximum Gasteiger partial charge on any atom is 0.416 e. The molecule has 0 saturated carbocycles. The Morgan fingerprint density at radius 3 is 2.62 bits per heavy atom. The first-order chi connectivity index (χ1) is 20.2. The highest BCUT2D eigenvalue weighted by molar-refractivity contribution is 6.04. The molecule has 0 bridgehead atoms. The monoisotopic (exact) mass is 576 g/mol. The quantitative estimate of drug-likeness (QED) is 0.283. The molecule has 0 unspecified atom stereocenters. The highest BCUT2D eigenvalue weighted by atomic mass is 19.4. The average molecular weight is 577 g/mol. The number of fused-ring (bicyclic) bond motifs is 1. The number of carbonyl (C=O) groups excluding carboxylic acids is 1. The Kier molecular flexibility index (Phi) is 8.70. The van der Waals surface area contributed by atoms with Crippen LogP contribution in [0.4, 0.5) is 24.8 Å². The first-order valence-electron chi connectivity index (χ1n) is 13.7. The third-order valence-electron chi connectivity index (χ3n) is 6.67. The van der Waals surface area contributed by atoms with Gasteiger partial charge in [0.1, 0.15) is 17.3 Å². The van der Waals surface area contributed by atoms with Crippen molar-refractivity contribution in [2.45, 2.75) is 26.6 Å². The van der Waals surface area contributed by atoms with E-state index in [1.807, 2.05) is 17.0 Å². The molecular weight excluding hydrogens is 545 g/mol. The molecule has 4 aromatic rings. The Balaban J connectivity index is 1.31. The van der Waals surface area contributed by atoms with E-state index in [9.17, 15) is 18.0 Å². The molecule has 1 fully saturated rings. The van der Waals surface area contributed by atoms with Gasteiger partial charge in [0, 0.05) is 56.6 Å². The van der Waals surface area contributed by atoms with E-state index in [1.165, 1.54) is 18.3 Å². The molecule has 1 amide bonds. The van der Waals surface area contributed by atoms with E-state index >= 15 is 0 Å². The molecule has 1 aromatic carbocycles. The Morgan fingerprint density at radius 2 is 1.86 bits per heavy atom. The number of rotatable bonds is 7. The van der Waals surface area contributed by atoms with Crippen LogP contribution in [0.2, 0.25) is 0 Å². The van der Waals surface area contributed by atoms with E-state index in [0.29, 0.717) is 41.7 Å². The number of anilines is 2. The molecule has 1 aliphatic rings. The van der Waals surface area contributed by atoms with Crippen LogP contribution < -0.4 is 16.0 Å². The molecule has 3 N–H and O–H groups in total. The van der Waals surface area contributed by atoms with Crippen LogP contribution in [0.3, 0.4) is 0 Å². The van der Waals surface area contributed by atoms with Gasteiger partial charge in [0.25, 0.3) is 5.91 Å². The number of hydrogen-bond acceptors (Lipinski definition) is 7. The largest absolute Gasteiger partial charge is 0.416 e. The van der Waals surface area contributed by atoms with E-state index in [2.05, 4.69) is 56.7 Å². The van der Waals surface area contributed by atoms with E-state index < -0.39 is 17.6 Å². The molecule has 0 radical (unpaired) electrons. The van der Waals surface area contributed by atoms with Crippen molar-refractivity contribution >= 4 is 23.2 Å². The SMILES string of the molecule is CC(C)CNc1ccc2ncc(C#Cc3ccnc(NC(=O)c4ccc(CN5CCNCC5)c(C(F)(F)F)c4)c3)n2n1. The summed E-state index contributed by atoms with van der Waals surface area (Å²) < 4.78 is 43.4. The highest BCUT2D eigenvalue weighted by Crippen LogP contribution is 2.33. The van der Waals surface area contributed by atoms with Crippen molar-refractivity contribution < 1.29 is 18.0 Å².